The first-order valence-electron chi connectivity index (χ1n) is 5.74. The Hall–Kier alpha value is -1.37. The van der Waals surface area contributed by atoms with Crippen LogP contribution in [0.4, 0.5) is 8.78 Å². The third-order valence-electron chi connectivity index (χ3n) is 3.16. The number of thiazole rings is 1. The molecule has 3 nitrogen and oxygen atoms in total. The number of nitrogens with two attached hydrogens (primary N) is 1. The van der Waals surface area contributed by atoms with E-state index < -0.39 is 17.0 Å². The summed E-state index contributed by atoms with van der Waals surface area (Å²) in [5, 5.41) is 9.67. The summed E-state index contributed by atoms with van der Waals surface area (Å²) in [4.78, 5) is 4.86. The quantitative estimate of drug-likeness (QED) is 0.881. The molecule has 1 aromatic carbocycles. The number of halogens is 2. The first-order valence-corrected chi connectivity index (χ1v) is 6.62. The minimum atomic E-state index is -0.893. The fourth-order valence-electron chi connectivity index (χ4n) is 2.03. The van der Waals surface area contributed by atoms with Gasteiger partial charge in [-0.2, -0.15) is 0 Å². The van der Waals surface area contributed by atoms with Crippen LogP contribution in [0.25, 0.3) is 0 Å². The van der Waals surface area contributed by atoms with Crippen molar-refractivity contribution < 1.29 is 13.9 Å². The summed E-state index contributed by atoms with van der Waals surface area (Å²) in [7, 11) is 0. The van der Waals surface area contributed by atoms with Gasteiger partial charge in [0.15, 0.2) is 0 Å². The third-order valence-corrected chi connectivity index (χ3v) is 3.94. The normalized spacial score (nSPS) is 14.3. The monoisotopic (exact) mass is 284 g/mol. The summed E-state index contributed by atoms with van der Waals surface area (Å²) in [5.74, 6) is -1.35. The van der Waals surface area contributed by atoms with E-state index in [9.17, 15) is 13.9 Å². The summed E-state index contributed by atoms with van der Waals surface area (Å²) >= 11 is 1.42. The van der Waals surface area contributed by atoms with Crippen molar-refractivity contribution in [3.8, 4) is 0 Å². The van der Waals surface area contributed by atoms with E-state index in [0.717, 1.165) is 10.9 Å². The summed E-state index contributed by atoms with van der Waals surface area (Å²) in [6.45, 7) is -0.200. The van der Waals surface area contributed by atoms with Crippen LogP contribution < -0.4 is 5.73 Å². The second-order valence-corrected chi connectivity index (χ2v) is 5.42. The molecule has 0 amide bonds. The SMILES string of the molecule is NCC(CO)(Cc1cncs1)c1cc(F)cc(F)c1. The molecule has 2 rings (SSSR count). The lowest BCUT2D eigenvalue weighted by atomic mass is 9.78. The largest absolute Gasteiger partial charge is 0.395 e. The van der Waals surface area contributed by atoms with Gasteiger partial charge in [0.2, 0.25) is 0 Å². The molecular weight excluding hydrogens is 270 g/mol. The zero-order valence-electron chi connectivity index (χ0n) is 10.1. The van der Waals surface area contributed by atoms with Crippen LogP contribution in [0.3, 0.4) is 0 Å². The van der Waals surface area contributed by atoms with Crippen LogP contribution in [0.5, 0.6) is 0 Å². The molecule has 0 spiro atoms. The molecule has 0 radical (unpaired) electrons. The molecule has 1 heterocycles. The van der Waals surface area contributed by atoms with E-state index >= 15 is 0 Å². The van der Waals surface area contributed by atoms with Crippen molar-refractivity contribution in [2.75, 3.05) is 13.2 Å². The molecule has 0 aliphatic rings. The van der Waals surface area contributed by atoms with Crippen LogP contribution in [0.15, 0.2) is 29.9 Å². The topological polar surface area (TPSA) is 59.1 Å². The Kier molecular flexibility index (Phi) is 4.24. The molecule has 6 heteroatoms. The molecule has 1 unspecified atom stereocenters. The minimum absolute atomic E-state index is 0.0876. The number of nitrogens with zero attached hydrogens (tertiary/aromatic N) is 1. The number of aliphatic hydroxyl groups is 1. The zero-order chi connectivity index (χ0) is 13.9. The second-order valence-electron chi connectivity index (χ2n) is 4.45. The molecule has 0 saturated heterocycles. The highest BCUT2D eigenvalue weighted by Gasteiger charge is 2.32. The molecular formula is C13H14F2N2OS. The third kappa shape index (κ3) is 2.97. The fraction of sp³-hybridized carbons (Fsp3) is 0.308. The minimum Gasteiger partial charge on any atom is -0.395 e. The standard InChI is InChI=1S/C13H14F2N2OS/c14-10-1-9(2-11(15)3-10)13(6-16,7-18)4-12-5-17-8-19-12/h1-3,5,8,18H,4,6-7,16H2. The van der Waals surface area contributed by atoms with Crippen LogP contribution >= 0.6 is 11.3 Å². The molecule has 3 N–H and O–H groups in total. The van der Waals surface area contributed by atoms with E-state index in [1.165, 1.54) is 23.5 Å². The fourth-order valence-corrected chi connectivity index (χ4v) is 2.77. The van der Waals surface area contributed by atoms with Crippen LogP contribution in [0, 0.1) is 11.6 Å². The molecule has 1 atom stereocenters. The highest BCUT2D eigenvalue weighted by molar-refractivity contribution is 7.09. The highest BCUT2D eigenvalue weighted by atomic mass is 32.1. The van der Waals surface area contributed by atoms with Crippen molar-refractivity contribution in [1.29, 1.82) is 0 Å². The maximum absolute atomic E-state index is 13.3. The number of hydrogen-bond donors (Lipinski definition) is 2. The predicted molar refractivity (Wildman–Crippen MR) is 70.0 cm³/mol. The smallest absolute Gasteiger partial charge is 0.126 e. The van der Waals surface area contributed by atoms with Gasteiger partial charge in [0, 0.05) is 29.1 Å². The summed E-state index contributed by atoms with van der Waals surface area (Å²) in [6.07, 6.45) is 2.06. The van der Waals surface area contributed by atoms with Crippen molar-refractivity contribution in [2.45, 2.75) is 11.8 Å². The van der Waals surface area contributed by atoms with Crippen molar-refractivity contribution in [3.05, 3.63) is 52.0 Å². The van der Waals surface area contributed by atoms with Crippen molar-refractivity contribution in [2.24, 2.45) is 5.73 Å². The van der Waals surface area contributed by atoms with Gasteiger partial charge in [0.25, 0.3) is 0 Å². The van der Waals surface area contributed by atoms with Gasteiger partial charge in [-0.3, -0.25) is 4.98 Å². The van der Waals surface area contributed by atoms with Crippen LogP contribution in [-0.4, -0.2) is 23.2 Å². The average molecular weight is 284 g/mol. The Morgan fingerprint density at radius 1 is 1.26 bits per heavy atom. The number of rotatable bonds is 5. The molecule has 0 aliphatic carbocycles. The van der Waals surface area contributed by atoms with Gasteiger partial charge in [-0.25, -0.2) is 8.78 Å². The maximum Gasteiger partial charge on any atom is 0.126 e. The number of benzene rings is 1. The molecule has 102 valence electrons. The predicted octanol–water partition coefficient (Wildman–Crippen LogP) is 1.85. The molecule has 2 aromatic rings. The molecule has 0 saturated carbocycles. The highest BCUT2D eigenvalue weighted by Crippen LogP contribution is 2.29. The Labute approximate surface area is 113 Å². The number of aliphatic hydroxyl groups excluding tert-OH is 1. The first-order chi connectivity index (χ1) is 9.09. The van der Waals surface area contributed by atoms with E-state index in [0.29, 0.717) is 12.0 Å². The van der Waals surface area contributed by atoms with Crippen molar-refractivity contribution in [3.63, 3.8) is 0 Å². The van der Waals surface area contributed by atoms with E-state index in [2.05, 4.69) is 4.98 Å². The zero-order valence-corrected chi connectivity index (χ0v) is 11.0. The lowest BCUT2D eigenvalue weighted by Crippen LogP contribution is -2.41. The molecule has 0 fully saturated rings. The van der Waals surface area contributed by atoms with Gasteiger partial charge in [-0.1, -0.05) is 0 Å². The average Bonchev–Trinajstić information content (AvgIpc) is 2.87. The molecule has 0 bridgehead atoms. The van der Waals surface area contributed by atoms with E-state index in [1.807, 2.05) is 0 Å². The lowest BCUT2D eigenvalue weighted by Gasteiger charge is -2.30. The van der Waals surface area contributed by atoms with Crippen LogP contribution in [0.2, 0.25) is 0 Å². The first kappa shape index (κ1) is 14.0. The maximum atomic E-state index is 13.3. The summed E-state index contributed by atoms with van der Waals surface area (Å²) in [6, 6.07) is 3.23. The van der Waals surface area contributed by atoms with E-state index in [-0.39, 0.29) is 13.2 Å². The Morgan fingerprint density at radius 3 is 2.42 bits per heavy atom. The van der Waals surface area contributed by atoms with Gasteiger partial charge in [-0.05, 0) is 24.1 Å². The van der Waals surface area contributed by atoms with E-state index in [4.69, 9.17) is 5.73 Å². The number of aromatic nitrogens is 1. The van der Waals surface area contributed by atoms with Gasteiger partial charge >= 0.3 is 0 Å². The van der Waals surface area contributed by atoms with Crippen molar-refractivity contribution >= 4 is 11.3 Å². The van der Waals surface area contributed by atoms with Gasteiger partial charge in [-0.15, -0.1) is 11.3 Å². The van der Waals surface area contributed by atoms with Gasteiger partial charge < -0.3 is 10.8 Å². The molecule has 19 heavy (non-hydrogen) atoms. The second kappa shape index (κ2) is 5.73. The molecule has 0 aliphatic heterocycles. The Morgan fingerprint density at radius 2 is 1.95 bits per heavy atom. The van der Waals surface area contributed by atoms with Crippen molar-refractivity contribution in [1.82, 2.24) is 4.98 Å². The van der Waals surface area contributed by atoms with Gasteiger partial charge in [0.1, 0.15) is 11.6 Å². The Bertz CT molecular complexity index is 521. The summed E-state index contributed by atoms with van der Waals surface area (Å²) < 4.78 is 26.7. The van der Waals surface area contributed by atoms with Crippen LogP contribution in [0.1, 0.15) is 10.4 Å². The lowest BCUT2D eigenvalue weighted by molar-refractivity contribution is 0.196. The van der Waals surface area contributed by atoms with Crippen LogP contribution in [-0.2, 0) is 11.8 Å². The van der Waals surface area contributed by atoms with Gasteiger partial charge in [0.05, 0.1) is 12.1 Å². The number of hydrogen-bond acceptors (Lipinski definition) is 4. The molecule has 1 aromatic heterocycles. The van der Waals surface area contributed by atoms with E-state index in [1.54, 1.807) is 11.7 Å². The summed E-state index contributed by atoms with van der Waals surface area (Å²) in [5.41, 5.74) is 6.88. The Balaban J connectivity index is 2.42.